The predicted molar refractivity (Wildman–Crippen MR) is 92.5 cm³/mol. The third-order valence-electron chi connectivity index (χ3n) is 4.17. The summed E-state index contributed by atoms with van der Waals surface area (Å²) < 4.78 is 47.3. The Kier molecular flexibility index (Phi) is 4.76. The Hall–Kier alpha value is -2.41. The molecule has 0 bridgehead atoms. The number of sulfone groups is 1. The van der Waals surface area contributed by atoms with Crippen molar-refractivity contribution in [1.29, 1.82) is 0 Å². The Morgan fingerprint density at radius 1 is 1.08 bits per heavy atom. The van der Waals surface area contributed by atoms with E-state index >= 15 is 0 Å². The van der Waals surface area contributed by atoms with Gasteiger partial charge in [-0.25, -0.2) is 8.42 Å². The van der Waals surface area contributed by atoms with Gasteiger partial charge in [-0.3, -0.25) is 0 Å². The predicted octanol–water partition coefficient (Wildman–Crippen LogP) is 2.84. The maximum Gasteiger partial charge on any atom is 0.231 e. The SMILES string of the molecule is COc1c(CC(C)S(=O)(=O)c2ccccc2)cc2c(c1OC)OCO2. The summed E-state index contributed by atoms with van der Waals surface area (Å²) in [6, 6.07) is 10.2. The molecule has 1 aliphatic rings. The maximum atomic E-state index is 12.8. The summed E-state index contributed by atoms with van der Waals surface area (Å²) in [5.74, 6) is 1.87. The van der Waals surface area contributed by atoms with Gasteiger partial charge in [0.25, 0.3) is 0 Å². The standard InChI is InChI=1S/C18H20O6S/c1-12(25(19,20)14-7-5-4-6-8-14)9-13-10-15-17(24-11-23-15)18(22-3)16(13)21-2/h4-8,10,12H,9,11H2,1-3H3. The first-order valence-corrected chi connectivity index (χ1v) is 9.36. The molecule has 2 aromatic rings. The largest absolute Gasteiger partial charge is 0.492 e. The van der Waals surface area contributed by atoms with Crippen LogP contribution in [0.5, 0.6) is 23.0 Å². The molecule has 1 unspecified atom stereocenters. The number of hydrogen-bond acceptors (Lipinski definition) is 6. The highest BCUT2D eigenvalue weighted by Crippen LogP contribution is 2.49. The molecule has 1 atom stereocenters. The molecule has 6 nitrogen and oxygen atoms in total. The second-order valence-electron chi connectivity index (χ2n) is 5.71. The van der Waals surface area contributed by atoms with Crippen LogP contribution in [0.25, 0.3) is 0 Å². The van der Waals surface area contributed by atoms with Crippen LogP contribution >= 0.6 is 0 Å². The fraction of sp³-hybridized carbons (Fsp3) is 0.333. The Bertz CT molecular complexity index is 861. The zero-order valence-electron chi connectivity index (χ0n) is 14.3. The first-order chi connectivity index (χ1) is 12.0. The molecule has 2 aromatic carbocycles. The van der Waals surface area contributed by atoms with Crippen LogP contribution in [0.15, 0.2) is 41.3 Å². The minimum absolute atomic E-state index is 0.0934. The van der Waals surface area contributed by atoms with Gasteiger partial charge in [-0.15, -0.1) is 0 Å². The molecule has 0 radical (unpaired) electrons. The van der Waals surface area contributed by atoms with E-state index in [2.05, 4.69) is 0 Å². The van der Waals surface area contributed by atoms with Gasteiger partial charge in [0.2, 0.25) is 18.3 Å². The molecule has 0 amide bonds. The number of ether oxygens (including phenoxy) is 4. The first-order valence-electron chi connectivity index (χ1n) is 7.81. The summed E-state index contributed by atoms with van der Waals surface area (Å²) in [6.07, 6.45) is 0.257. The van der Waals surface area contributed by atoms with E-state index in [0.29, 0.717) is 33.5 Å². The van der Waals surface area contributed by atoms with Crippen LogP contribution in [0.2, 0.25) is 0 Å². The lowest BCUT2D eigenvalue weighted by molar-refractivity contribution is 0.170. The molecule has 1 aliphatic heterocycles. The molecule has 0 fully saturated rings. The van der Waals surface area contributed by atoms with Crippen molar-refractivity contribution >= 4 is 9.84 Å². The van der Waals surface area contributed by atoms with Crippen molar-refractivity contribution < 1.29 is 27.4 Å². The fourth-order valence-corrected chi connectivity index (χ4v) is 4.27. The molecule has 0 aliphatic carbocycles. The quantitative estimate of drug-likeness (QED) is 0.785. The van der Waals surface area contributed by atoms with Crippen molar-refractivity contribution in [3.63, 3.8) is 0 Å². The Balaban J connectivity index is 1.98. The zero-order valence-corrected chi connectivity index (χ0v) is 15.1. The van der Waals surface area contributed by atoms with Crippen LogP contribution in [0.4, 0.5) is 0 Å². The summed E-state index contributed by atoms with van der Waals surface area (Å²) in [5.41, 5.74) is 0.690. The topological polar surface area (TPSA) is 71.1 Å². The van der Waals surface area contributed by atoms with Gasteiger partial charge in [0.05, 0.1) is 24.4 Å². The average Bonchev–Trinajstić information content (AvgIpc) is 3.09. The summed E-state index contributed by atoms with van der Waals surface area (Å²) >= 11 is 0. The van der Waals surface area contributed by atoms with E-state index in [-0.39, 0.29) is 13.2 Å². The van der Waals surface area contributed by atoms with Crippen molar-refractivity contribution in [1.82, 2.24) is 0 Å². The van der Waals surface area contributed by atoms with Gasteiger partial charge >= 0.3 is 0 Å². The highest BCUT2D eigenvalue weighted by atomic mass is 32.2. The molecule has 0 N–H and O–H groups in total. The highest BCUT2D eigenvalue weighted by Gasteiger charge is 2.30. The summed E-state index contributed by atoms with van der Waals surface area (Å²) in [4.78, 5) is 0.300. The van der Waals surface area contributed by atoms with Crippen LogP contribution < -0.4 is 18.9 Å². The Morgan fingerprint density at radius 2 is 1.76 bits per heavy atom. The molecule has 0 saturated carbocycles. The fourth-order valence-electron chi connectivity index (χ4n) is 2.87. The minimum atomic E-state index is -3.46. The molecule has 3 rings (SSSR count). The van der Waals surface area contributed by atoms with Crippen molar-refractivity contribution in [2.45, 2.75) is 23.5 Å². The van der Waals surface area contributed by atoms with Crippen LogP contribution in [-0.2, 0) is 16.3 Å². The van der Waals surface area contributed by atoms with Crippen LogP contribution in [0.1, 0.15) is 12.5 Å². The average molecular weight is 364 g/mol. The van der Waals surface area contributed by atoms with Crippen molar-refractivity contribution in [3.05, 3.63) is 42.0 Å². The van der Waals surface area contributed by atoms with Gasteiger partial charge in [0, 0.05) is 5.56 Å². The van der Waals surface area contributed by atoms with E-state index < -0.39 is 15.1 Å². The van der Waals surface area contributed by atoms with Gasteiger partial charge < -0.3 is 18.9 Å². The van der Waals surface area contributed by atoms with E-state index in [1.54, 1.807) is 43.3 Å². The van der Waals surface area contributed by atoms with Crippen molar-refractivity contribution in [3.8, 4) is 23.0 Å². The van der Waals surface area contributed by atoms with Crippen molar-refractivity contribution in [2.24, 2.45) is 0 Å². The summed E-state index contributed by atoms with van der Waals surface area (Å²) in [6.45, 7) is 1.77. The molecule has 0 spiro atoms. The smallest absolute Gasteiger partial charge is 0.231 e. The second-order valence-corrected chi connectivity index (χ2v) is 8.07. The molecule has 0 saturated heterocycles. The molecule has 134 valence electrons. The molecule has 0 aromatic heterocycles. The first kappa shape index (κ1) is 17.4. The minimum Gasteiger partial charge on any atom is -0.492 e. The molecular weight excluding hydrogens is 344 g/mol. The lowest BCUT2D eigenvalue weighted by Crippen LogP contribution is -2.21. The second kappa shape index (κ2) is 6.84. The zero-order chi connectivity index (χ0) is 18.0. The van der Waals surface area contributed by atoms with Gasteiger partial charge in [0.1, 0.15) is 0 Å². The molecule has 7 heteroatoms. The molecule has 25 heavy (non-hydrogen) atoms. The normalized spacial score (nSPS) is 14.2. The van der Waals surface area contributed by atoms with E-state index in [0.717, 1.165) is 0 Å². The molecule has 1 heterocycles. The number of methoxy groups -OCH3 is 2. The van der Waals surface area contributed by atoms with Gasteiger partial charge in [-0.05, 0) is 31.5 Å². The van der Waals surface area contributed by atoms with E-state index in [1.807, 2.05) is 0 Å². The number of hydrogen-bond donors (Lipinski definition) is 0. The van der Waals surface area contributed by atoms with E-state index in [9.17, 15) is 8.42 Å². The lowest BCUT2D eigenvalue weighted by Gasteiger charge is -2.18. The van der Waals surface area contributed by atoms with Gasteiger partial charge in [-0.2, -0.15) is 0 Å². The molecular formula is C18H20O6S. The van der Waals surface area contributed by atoms with E-state index in [1.165, 1.54) is 14.2 Å². The number of benzene rings is 2. The summed E-state index contributed by atoms with van der Waals surface area (Å²) in [5, 5.41) is -0.645. The maximum absolute atomic E-state index is 12.8. The number of fused-ring (bicyclic) bond motifs is 1. The summed E-state index contributed by atoms with van der Waals surface area (Å²) in [7, 11) is -0.443. The van der Waals surface area contributed by atoms with Gasteiger partial charge in [0.15, 0.2) is 21.3 Å². The Morgan fingerprint density at radius 3 is 2.40 bits per heavy atom. The lowest BCUT2D eigenvalue weighted by atomic mass is 10.1. The third-order valence-corrected chi connectivity index (χ3v) is 6.32. The third kappa shape index (κ3) is 3.11. The Labute approximate surface area is 147 Å². The van der Waals surface area contributed by atoms with Crippen LogP contribution in [0.3, 0.4) is 0 Å². The number of rotatable bonds is 6. The van der Waals surface area contributed by atoms with E-state index in [4.69, 9.17) is 18.9 Å². The highest BCUT2D eigenvalue weighted by molar-refractivity contribution is 7.92. The van der Waals surface area contributed by atoms with Gasteiger partial charge in [-0.1, -0.05) is 18.2 Å². The monoisotopic (exact) mass is 364 g/mol. The van der Waals surface area contributed by atoms with Crippen molar-refractivity contribution in [2.75, 3.05) is 21.0 Å². The van der Waals surface area contributed by atoms with Crippen LogP contribution in [-0.4, -0.2) is 34.7 Å². The van der Waals surface area contributed by atoms with Crippen LogP contribution in [0, 0.1) is 0 Å².